The Balaban J connectivity index is 2.72. The molecule has 78 valence electrons. The van der Waals surface area contributed by atoms with Gasteiger partial charge in [0.25, 0.3) is 0 Å². The number of benzene rings is 1. The summed E-state index contributed by atoms with van der Waals surface area (Å²) in [5.41, 5.74) is 0.737. The first-order chi connectivity index (χ1) is 7.25. The number of aromatic carboxylic acids is 1. The number of aliphatic hydroxyl groups excluding tert-OH is 1. The Morgan fingerprint density at radius 2 is 2.07 bits per heavy atom. The maximum absolute atomic E-state index is 10.8. The number of carboxylic acids is 1. The fourth-order valence-corrected chi connectivity index (χ4v) is 1.08. The van der Waals surface area contributed by atoms with Crippen LogP contribution in [0.3, 0.4) is 0 Å². The molecule has 1 aromatic rings. The van der Waals surface area contributed by atoms with Crippen molar-refractivity contribution in [2.75, 3.05) is 18.5 Å². The minimum atomic E-state index is -0.979. The molecular weight excluding hydrogens is 194 g/mol. The van der Waals surface area contributed by atoms with Gasteiger partial charge in [0.2, 0.25) is 0 Å². The van der Waals surface area contributed by atoms with Crippen LogP contribution in [0, 0.1) is 11.8 Å². The second-order valence-corrected chi connectivity index (χ2v) is 2.72. The zero-order chi connectivity index (χ0) is 11.1. The molecule has 0 aliphatic rings. The lowest BCUT2D eigenvalue weighted by molar-refractivity contribution is 0.0698. The summed E-state index contributed by atoms with van der Waals surface area (Å²) in [6.07, 6.45) is 0. The van der Waals surface area contributed by atoms with Crippen molar-refractivity contribution in [3.8, 4) is 11.8 Å². The van der Waals surface area contributed by atoms with E-state index in [9.17, 15) is 4.79 Å². The first-order valence-electron chi connectivity index (χ1n) is 4.38. The zero-order valence-electron chi connectivity index (χ0n) is 8.03. The molecule has 0 aliphatic carbocycles. The third kappa shape index (κ3) is 3.33. The molecule has 0 heterocycles. The SMILES string of the molecule is O=C(O)c1ccccc1NCC#CCO. The lowest BCUT2D eigenvalue weighted by Crippen LogP contribution is -2.06. The van der Waals surface area contributed by atoms with Gasteiger partial charge in [0.15, 0.2) is 0 Å². The van der Waals surface area contributed by atoms with Crippen LogP contribution in [0.1, 0.15) is 10.4 Å². The van der Waals surface area contributed by atoms with E-state index in [0.717, 1.165) is 0 Å². The highest BCUT2D eigenvalue weighted by molar-refractivity contribution is 5.94. The average Bonchev–Trinajstić information content (AvgIpc) is 2.25. The molecule has 0 amide bonds. The molecular formula is C11H11NO3. The highest BCUT2D eigenvalue weighted by Crippen LogP contribution is 2.13. The van der Waals surface area contributed by atoms with Gasteiger partial charge in [0.05, 0.1) is 12.1 Å². The number of anilines is 1. The van der Waals surface area contributed by atoms with Gasteiger partial charge in [0.1, 0.15) is 6.61 Å². The molecule has 4 heteroatoms. The van der Waals surface area contributed by atoms with Crippen molar-refractivity contribution in [1.82, 2.24) is 0 Å². The molecule has 3 N–H and O–H groups in total. The molecule has 1 aromatic carbocycles. The molecule has 0 bridgehead atoms. The molecule has 0 radical (unpaired) electrons. The molecule has 0 saturated heterocycles. The van der Waals surface area contributed by atoms with Crippen LogP contribution < -0.4 is 5.32 Å². The van der Waals surface area contributed by atoms with E-state index in [-0.39, 0.29) is 12.2 Å². The Kier molecular flexibility index (Phi) is 4.20. The van der Waals surface area contributed by atoms with Crippen LogP contribution in [0.5, 0.6) is 0 Å². The minimum absolute atomic E-state index is 0.192. The molecule has 0 aliphatic heterocycles. The fourth-order valence-electron chi connectivity index (χ4n) is 1.08. The Hall–Kier alpha value is -1.99. The Morgan fingerprint density at radius 3 is 2.73 bits per heavy atom. The maximum Gasteiger partial charge on any atom is 0.337 e. The summed E-state index contributed by atoms with van der Waals surface area (Å²) >= 11 is 0. The van der Waals surface area contributed by atoms with Crippen molar-refractivity contribution in [2.24, 2.45) is 0 Å². The summed E-state index contributed by atoms with van der Waals surface area (Å²) in [5, 5.41) is 20.1. The number of hydrogen-bond acceptors (Lipinski definition) is 3. The van der Waals surface area contributed by atoms with E-state index in [4.69, 9.17) is 10.2 Å². The third-order valence-corrected chi connectivity index (χ3v) is 1.73. The number of carbonyl (C=O) groups is 1. The van der Waals surface area contributed by atoms with Crippen LogP contribution in [-0.4, -0.2) is 29.3 Å². The predicted molar refractivity (Wildman–Crippen MR) is 56.8 cm³/mol. The van der Waals surface area contributed by atoms with Crippen molar-refractivity contribution in [3.63, 3.8) is 0 Å². The first-order valence-corrected chi connectivity index (χ1v) is 4.38. The smallest absolute Gasteiger partial charge is 0.337 e. The van der Waals surface area contributed by atoms with Crippen LogP contribution in [0.25, 0.3) is 0 Å². The minimum Gasteiger partial charge on any atom is -0.478 e. The van der Waals surface area contributed by atoms with Gasteiger partial charge < -0.3 is 15.5 Å². The summed E-state index contributed by atoms with van der Waals surface area (Å²) in [5.74, 6) is 4.13. The van der Waals surface area contributed by atoms with Crippen molar-refractivity contribution in [1.29, 1.82) is 0 Å². The first kappa shape index (κ1) is 11.1. The number of carboxylic acid groups (broad SMARTS) is 1. The molecule has 4 nitrogen and oxygen atoms in total. The van der Waals surface area contributed by atoms with E-state index in [2.05, 4.69) is 17.2 Å². The normalized spacial score (nSPS) is 8.87. The lowest BCUT2D eigenvalue weighted by atomic mass is 10.2. The summed E-state index contributed by atoms with van der Waals surface area (Å²) in [7, 11) is 0. The van der Waals surface area contributed by atoms with Crippen molar-refractivity contribution < 1.29 is 15.0 Å². The van der Waals surface area contributed by atoms with Gasteiger partial charge in [-0.25, -0.2) is 4.79 Å². The molecule has 0 atom stereocenters. The van der Waals surface area contributed by atoms with Gasteiger partial charge in [0, 0.05) is 5.69 Å². The summed E-state index contributed by atoms with van der Waals surface area (Å²) in [6.45, 7) is 0.118. The summed E-state index contributed by atoms with van der Waals surface area (Å²) in [6, 6.07) is 6.59. The molecule has 0 spiro atoms. The highest BCUT2D eigenvalue weighted by atomic mass is 16.4. The van der Waals surface area contributed by atoms with Gasteiger partial charge >= 0.3 is 5.97 Å². The van der Waals surface area contributed by atoms with E-state index in [1.54, 1.807) is 18.2 Å². The Labute approximate surface area is 87.6 Å². The maximum atomic E-state index is 10.8. The molecule has 1 rings (SSSR count). The van der Waals surface area contributed by atoms with Gasteiger partial charge in [-0.05, 0) is 12.1 Å². The van der Waals surface area contributed by atoms with Gasteiger partial charge in [-0.2, -0.15) is 0 Å². The van der Waals surface area contributed by atoms with E-state index in [1.165, 1.54) is 6.07 Å². The van der Waals surface area contributed by atoms with Crippen LogP contribution in [-0.2, 0) is 0 Å². The van der Waals surface area contributed by atoms with Crippen molar-refractivity contribution >= 4 is 11.7 Å². The predicted octanol–water partition coefficient (Wildman–Crippen LogP) is 0.792. The van der Waals surface area contributed by atoms with E-state index in [0.29, 0.717) is 12.2 Å². The molecule has 0 aromatic heterocycles. The monoisotopic (exact) mass is 205 g/mol. The fraction of sp³-hybridized carbons (Fsp3) is 0.182. The molecule has 0 fully saturated rings. The van der Waals surface area contributed by atoms with Gasteiger partial charge in [-0.3, -0.25) is 0 Å². The van der Waals surface area contributed by atoms with Crippen LogP contribution in [0.2, 0.25) is 0 Å². The van der Waals surface area contributed by atoms with Crippen molar-refractivity contribution in [3.05, 3.63) is 29.8 Å². The zero-order valence-corrected chi connectivity index (χ0v) is 8.03. The largest absolute Gasteiger partial charge is 0.478 e. The van der Waals surface area contributed by atoms with Crippen LogP contribution in [0.4, 0.5) is 5.69 Å². The lowest BCUT2D eigenvalue weighted by Gasteiger charge is -2.05. The van der Waals surface area contributed by atoms with E-state index >= 15 is 0 Å². The summed E-state index contributed by atoms with van der Waals surface area (Å²) < 4.78 is 0. The number of nitrogens with one attached hydrogen (secondary N) is 1. The standard InChI is InChI=1S/C11H11NO3/c13-8-4-3-7-12-10-6-2-1-5-9(10)11(14)15/h1-2,5-6,12-13H,7-8H2,(H,14,15). The second kappa shape index (κ2) is 5.68. The number of para-hydroxylation sites is 1. The number of aliphatic hydroxyl groups is 1. The highest BCUT2D eigenvalue weighted by Gasteiger charge is 2.06. The second-order valence-electron chi connectivity index (χ2n) is 2.72. The number of hydrogen-bond donors (Lipinski definition) is 3. The van der Waals surface area contributed by atoms with Gasteiger partial charge in [-0.15, -0.1) is 0 Å². The Morgan fingerprint density at radius 1 is 1.33 bits per heavy atom. The Bertz CT molecular complexity index is 404. The third-order valence-electron chi connectivity index (χ3n) is 1.73. The van der Waals surface area contributed by atoms with Gasteiger partial charge in [-0.1, -0.05) is 24.0 Å². The van der Waals surface area contributed by atoms with Crippen LogP contribution in [0.15, 0.2) is 24.3 Å². The number of rotatable bonds is 3. The quantitative estimate of drug-likeness (QED) is 0.638. The molecule has 15 heavy (non-hydrogen) atoms. The molecule has 0 unspecified atom stereocenters. The van der Waals surface area contributed by atoms with Crippen molar-refractivity contribution in [2.45, 2.75) is 0 Å². The van der Waals surface area contributed by atoms with Crippen LogP contribution >= 0.6 is 0 Å². The van der Waals surface area contributed by atoms with E-state index < -0.39 is 5.97 Å². The summed E-state index contributed by atoms with van der Waals surface area (Å²) in [4.78, 5) is 10.8. The van der Waals surface area contributed by atoms with E-state index in [1.807, 2.05) is 0 Å². The average molecular weight is 205 g/mol. The molecule has 0 saturated carbocycles. The topological polar surface area (TPSA) is 69.6 Å².